The Labute approximate surface area is 213 Å². The van der Waals surface area contributed by atoms with E-state index in [2.05, 4.69) is 9.62 Å². The van der Waals surface area contributed by atoms with Crippen LogP contribution < -0.4 is 9.62 Å². The van der Waals surface area contributed by atoms with Crippen molar-refractivity contribution in [2.75, 3.05) is 36.8 Å². The molecule has 192 valence electrons. The zero-order chi connectivity index (χ0) is 25.8. The van der Waals surface area contributed by atoms with E-state index in [-0.39, 0.29) is 15.9 Å². The predicted octanol–water partition coefficient (Wildman–Crippen LogP) is 3.92. The summed E-state index contributed by atoms with van der Waals surface area (Å²) in [6.45, 7) is 1.98. The summed E-state index contributed by atoms with van der Waals surface area (Å²) in [4.78, 5) is 2.16. The molecule has 1 N–H and O–H groups in total. The van der Waals surface area contributed by atoms with Gasteiger partial charge in [0.15, 0.2) is 0 Å². The number of ether oxygens (including phenoxy) is 1. The average Bonchev–Trinajstić information content (AvgIpc) is 2.88. The fraction of sp³-hybridized carbons (Fsp3) is 0.308. The molecule has 4 rings (SSSR count). The average molecular weight is 530 g/mol. The summed E-state index contributed by atoms with van der Waals surface area (Å²) in [6, 6.07) is 22.5. The van der Waals surface area contributed by atoms with Crippen LogP contribution in [0.4, 0.5) is 11.4 Å². The molecule has 1 aliphatic rings. The lowest BCUT2D eigenvalue weighted by molar-refractivity contribution is 0.0316. The first-order valence-corrected chi connectivity index (χ1v) is 14.6. The van der Waals surface area contributed by atoms with Crippen LogP contribution in [0.5, 0.6) is 0 Å². The normalized spacial score (nSPS) is 16.8. The number of hydrogen-bond donors (Lipinski definition) is 1. The monoisotopic (exact) mass is 529 g/mol. The highest BCUT2D eigenvalue weighted by Crippen LogP contribution is 2.31. The van der Waals surface area contributed by atoms with Gasteiger partial charge in [0.25, 0.3) is 10.0 Å². The van der Waals surface area contributed by atoms with Crippen LogP contribution in [0.25, 0.3) is 0 Å². The van der Waals surface area contributed by atoms with Crippen LogP contribution in [0.15, 0.2) is 88.7 Å². The molecular weight excluding hydrogens is 498 g/mol. The molecule has 0 aliphatic carbocycles. The van der Waals surface area contributed by atoms with Crippen molar-refractivity contribution >= 4 is 31.4 Å². The van der Waals surface area contributed by atoms with Crippen molar-refractivity contribution in [2.45, 2.75) is 35.3 Å². The molecule has 0 amide bonds. The number of benzene rings is 3. The lowest BCUT2D eigenvalue weighted by Gasteiger charge is -2.35. The first kappa shape index (κ1) is 26.2. The molecule has 8 nitrogen and oxygen atoms in total. The van der Waals surface area contributed by atoms with E-state index in [1.165, 1.54) is 38.4 Å². The highest BCUT2D eigenvalue weighted by atomic mass is 32.2. The standard InChI is InChI=1S/C26H31N3O5S2/c1-28(2)36(32,33)24-16-14-23(15-17-24)35(30,31)27-25-12-6-7-13-26(25)29-18-8-11-22(19-29)34-20-21-9-4-3-5-10-21/h3-7,9-10,12-17,22,27H,8,11,18-20H2,1-2H3. The molecule has 3 aromatic carbocycles. The Bertz CT molecular complexity index is 1380. The van der Waals surface area contributed by atoms with Gasteiger partial charge in [0.1, 0.15) is 0 Å². The molecule has 0 radical (unpaired) electrons. The van der Waals surface area contributed by atoms with Gasteiger partial charge in [-0.05, 0) is 54.8 Å². The van der Waals surface area contributed by atoms with Gasteiger partial charge in [0.05, 0.1) is 33.9 Å². The third-order valence-electron chi connectivity index (χ3n) is 6.11. The smallest absolute Gasteiger partial charge is 0.261 e. The summed E-state index contributed by atoms with van der Waals surface area (Å²) in [7, 11) is -4.73. The Morgan fingerprint density at radius 1 is 0.889 bits per heavy atom. The molecule has 0 spiro atoms. The van der Waals surface area contributed by atoms with Gasteiger partial charge < -0.3 is 9.64 Å². The predicted molar refractivity (Wildman–Crippen MR) is 141 cm³/mol. The number of nitrogens with one attached hydrogen (secondary N) is 1. The fourth-order valence-corrected chi connectivity index (χ4v) is 6.10. The van der Waals surface area contributed by atoms with E-state index in [0.29, 0.717) is 18.8 Å². The molecular formula is C26H31N3O5S2. The fourth-order valence-electron chi connectivity index (χ4n) is 4.12. The number of piperidine rings is 1. The van der Waals surface area contributed by atoms with Crippen LogP contribution in [0.3, 0.4) is 0 Å². The quantitative estimate of drug-likeness (QED) is 0.451. The van der Waals surface area contributed by atoms with Gasteiger partial charge in [0, 0.05) is 27.2 Å². The summed E-state index contributed by atoms with van der Waals surface area (Å²) in [5, 5.41) is 0. The van der Waals surface area contributed by atoms with Crippen molar-refractivity contribution in [3.63, 3.8) is 0 Å². The largest absolute Gasteiger partial charge is 0.372 e. The molecule has 1 atom stereocenters. The minimum absolute atomic E-state index is 0.0160. The first-order chi connectivity index (χ1) is 17.2. The van der Waals surface area contributed by atoms with E-state index in [1.54, 1.807) is 12.1 Å². The zero-order valence-corrected chi connectivity index (χ0v) is 22.0. The van der Waals surface area contributed by atoms with Gasteiger partial charge in [0.2, 0.25) is 10.0 Å². The van der Waals surface area contributed by atoms with Crippen LogP contribution in [0.2, 0.25) is 0 Å². The maximum absolute atomic E-state index is 13.1. The van der Waals surface area contributed by atoms with Crippen LogP contribution >= 0.6 is 0 Å². The van der Waals surface area contributed by atoms with Crippen LogP contribution in [0, 0.1) is 0 Å². The highest BCUT2D eigenvalue weighted by Gasteiger charge is 2.25. The minimum atomic E-state index is -3.93. The van der Waals surface area contributed by atoms with E-state index < -0.39 is 20.0 Å². The Morgan fingerprint density at radius 3 is 2.22 bits per heavy atom. The first-order valence-electron chi connectivity index (χ1n) is 11.7. The molecule has 36 heavy (non-hydrogen) atoms. The number of para-hydroxylation sites is 2. The Kier molecular flexibility index (Phi) is 7.99. The van der Waals surface area contributed by atoms with Crippen LogP contribution in [-0.4, -0.2) is 54.4 Å². The van der Waals surface area contributed by atoms with Gasteiger partial charge in [-0.15, -0.1) is 0 Å². The second kappa shape index (κ2) is 11.0. The molecule has 0 bridgehead atoms. The SMILES string of the molecule is CN(C)S(=O)(=O)c1ccc(S(=O)(=O)Nc2ccccc2N2CCCC(OCc3ccccc3)C2)cc1. The van der Waals surface area contributed by atoms with Crippen molar-refractivity contribution < 1.29 is 21.6 Å². The van der Waals surface area contributed by atoms with Gasteiger partial charge in [-0.2, -0.15) is 0 Å². The van der Waals surface area contributed by atoms with E-state index >= 15 is 0 Å². The number of rotatable bonds is 9. The maximum Gasteiger partial charge on any atom is 0.261 e. The van der Waals surface area contributed by atoms with Crippen molar-refractivity contribution in [3.05, 3.63) is 84.4 Å². The Hall–Kier alpha value is -2.92. The second-order valence-corrected chi connectivity index (χ2v) is 12.7. The van der Waals surface area contributed by atoms with Gasteiger partial charge in [-0.1, -0.05) is 42.5 Å². The topological polar surface area (TPSA) is 96.0 Å². The summed E-state index contributed by atoms with van der Waals surface area (Å²) in [5.41, 5.74) is 2.36. The third kappa shape index (κ3) is 6.07. The summed E-state index contributed by atoms with van der Waals surface area (Å²) in [6.07, 6.45) is 1.91. The maximum atomic E-state index is 13.1. The zero-order valence-electron chi connectivity index (χ0n) is 20.4. The van der Waals surface area contributed by atoms with E-state index in [1.807, 2.05) is 42.5 Å². The summed E-state index contributed by atoms with van der Waals surface area (Å²) >= 11 is 0. The molecule has 1 aliphatic heterocycles. The molecule has 1 fully saturated rings. The van der Waals surface area contributed by atoms with Crippen molar-refractivity contribution in [1.82, 2.24) is 4.31 Å². The molecule has 1 unspecified atom stereocenters. The minimum Gasteiger partial charge on any atom is -0.372 e. The molecule has 0 aromatic heterocycles. The highest BCUT2D eigenvalue weighted by molar-refractivity contribution is 7.92. The molecule has 10 heteroatoms. The molecule has 3 aromatic rings. The number of anilines is 2. The van der Waals surface area contributed by atoms with Crippen molar-refractivity contribution in [2.24, 2.45) is 0 Å². The Balaban J connectivity index is 1.49. The Morgan fingerprint density at radius 2 is 1.53 bits per heavy atom. The lowest BCUT2D eigenvalue weighted by atomic mass is 10.1. The second-order valence-electron chi connectivity index (χ2n) is 8.89. The van der Waals surface area contributed by atoms with Gasteiger partial charge in [-0.3, -0.25) is 4.72 Å². The summed E-state index contributed by atoms with van der Waals surface area (Å²) < 4.78 is 60.8. The number of sulfonamides is 2. The molecule has 1 saturated heterocycles. The van der Waals surface area contributed by atoms with Gasteiger partial charge in [-0.25, -0.2) is 21.1 Å². The third-order valence-corrected chi connectivity index (χ3v) is 9.32. The molecule has 0 saturated carbocycles. The molecule has 1 heterocycles. The number of nitrogens with zero attached hydrogens (tertiary/aromatic N) is 2. The summed E-state index contributed by atoms with van der Waals surface area (Å²) in [5.74, 6) is 0. The van der Waals surface area contributed by atoms with Gasteiger partial charge >= 0.3 is 0 Å². The van der Waals surface area contributed by atoms with E-state index in [0.717, 1.165) is 34.9 Å². The number of hydrogen-bond acceptors (Lipinski definition) is 6. The lowest BCUT2D eigenvalue weighted by Crippen LogP contribution is -2.40. The van der Waals surface area contributed by atoms with Crippen molar-refractivity contribution in [1.29, 1.82) is 0 Å². The van der Waals surface area contributed by atoms with E-state index in [9.17, 15) is 16.8 Å². The van der Waals surface area contributed by atoms with E-state index in [4.69, 9.17) is 4.74 Å². The van der Waals surface area contributed by atoms with Crippen LogP contribution in [-0.2, 0) is 31.4 Å². The van der Waals surface area contributed by atoms with Crippen molar-refractivity contribution in [3.8, 4) is 0 Å². The van der Waals surface area contributed by atoms with Crippen LogP contribution in [0.1, 0.15) is 18.4 Å².